The third-order valence-electron chi connectivity index (χ3n) is 4.98. The van der Waals surface area contributed by atoms with Gasteiger partial charge in [-0.2, -0.15) is 0 Å². The number of carbonyl (C=O) groups is 2. The lowest BCUT2D eigenvalue weighted by atomic mass is 10.1. The molecule has 1 N–H and O–H groups in total. The Bertz CT molecular complexity index is 1130. The fourth-order valence-corrected chi connectivity index (χ4v) is 3.45. The summed E-state index contributed by atoms with van der Waals surface area (Å²) in [5, 5.41) is 2.94. The molecule has 4 heteroatoms. The van der Waals surface area contributed by atoms with Crippen LogP contribution in [-0.2, 0) is 11.3 Å². The quantitative estimate of drug-likeness (QED) is 0.664. The van der Waals surface area contributed by atoms with E-state index in [9.17, 15) is 9.59 Å². The maximum Gasteiger partial charge on any atom is 0.255 e. The van der Waals surface area contributed by atoms with Gasteiger partial charge in [-0.1, -0.05) is 48.2 Å². The van der Waals surface area contributed by atoms with Gasteiger partial charge in [-0.3, -0.25) is 9.59 Å². The largest absolute Gasteiger partial charge is 0.338 e. The summed E-state index contributed by atoms with van der Waals surface area (Å²) in [7, 11) is 0. The highest BCUT2D eigenvalue weighted by Gasteiger charge is 2.20. The third-order valence-corrected chi connectivity index (χ3v) is 4.98. The molecule has 0 radical (unpaired) electrons. The van der Waals surface area contributed by atoms with Crippen molar-refractivity contribution in [2.45, 2.75) is 19.4 Å². The molecule has 1 fully saturated rings. The van der Waals surface area contributed by atoms with E-state index >= 15 is 0 Å². The Hall–Kier alpha value is -3.84. The zero-order chi connectivity index (χ0) is 20.8. The maximum absolute atomic E-state index is 12.7. The first-order valence-corrected chi connectivity index (χ1v) is 10.0. The number of hydrogen-bond donors (Lipinski definition) is 1. The Morgan fingerprint density at radius 3 is 2.47 bits per heavy atom. The third kappa shape index (κ3) is 4.95. The standard InChI is InChI=1S/C26H22N2O2/c29-25-13-6-16-28(25)19-22-10-4-11-23(17-22)26(30)27-24-12-5-9-21(18-24)15-14-20-7-2-1-3-8-20/h1-5,7-12,17-18H,6,13,16,19H2,(H,27,30). The molecule has 1 saturated heterocycles. The van der Waals surface area contributed by atoms with Gasteiger partial charge in [-0.15, -0.1) is 0 Å². The van der Waals surface area contributed by atoms with Gasteiger partial charge in [-0.25, -0.2) is 0 Å². The molecule has 0 aromatic heterocycles. The van der Waals surface area contributed by atoms with E-state index in [0.29, 0.717) is 24.2 Å². The van der Waals surface area contributed by atoms with Gasteiger partial charge in [0.15, 0.2) is 0 Å². The van der Waals surface area contributed by atoms with Gasteiger partial charge in [0, 0.05) is 41.9 Å². The second kappa shape index (κ2) is 9.11. The zero-order valence-corrected chi connectivity index (χ0v) is 16.6. The van der Waals surface area contributed by atoms with E-state index in [0.717, 1.165) is 29.7 Å². The topological polar surface area (TPSA) is 49.4 Å². The average molecular weight is 394 g/mol. The van der Waals surface area contributed by atoms with Gasteiger partial charge in [0.2, 0.25) is 5.91 Å². The van der Waals surface area contributed by atoms with Crippen LogP contribution < -0.4 is 5.32 Å². The first kappa shape index (κ1) is 19.5. The molecule has 4 rings (SSSR count). The van der Waals surface area contributed by atoms with Crippen molar-refractivity contribution in [3.05, 3.63) is 101 Å². The van der Waals surface area contributed by atoms with Crippen LogP contribution >= 0.6 is 0 Å². The Kier molecular flexibility index (Phi) is 5.91. The van der Waals surface area contributed by atoms with Crippen molar-refractivity contribution < 1.29 is 9.59 Å². The van der Waals surface area contributed by atoms with E-state index in [-0.39, 0.29) is 11.8 Å². The van der Waals surface area contributed by atoms with Crippen molar-refractivity contribution in [3.8, 4) is 11.8 Å². The zero-order valence-electron chi connectivity index (χ0n) is 16.6. The number of benzene rings is 3. The molecule has 3 aromatic carbocycles. The highest BCUT2D eigenvalue weighted by atomic mass is 16.2. The van der Waals surface area contributed by atoms with E-state index in [1.165, 1.54) is 0 Å². The number of amides is 2. The minimum absolute atomic E-state index is 0.179. The Morgan fingerprint density at radius 2 is 1.67 bits per heavy atom. The summed E-state index contributed by atoms with van der Waals surface area (Å²) in [6, 6.07) is 24.7. The summed E-state index contributed by atoms with van der Waals surface area (Å²) in [5.41, 5.74) is 4.00. The summed E-state index contributed by atoms with van der Waals surface area (Å²) in [6.45, 7) is 1.33. The fourth-order valence-electron chi connectivity index (χ4n) is 3.45. The maximum atomic E-state index is 12.7. The van der Waals surface area contributed by atoms with Crippen LogP contribution in [0.5, 0.6) is 0 Å². The lowest BCUT2D eigenvalue weighted by Gasteiger charge is -2.16. The monoisotopic (exact) mass is 394 g/mol. The van der Waals surface area contributed by atoms with Gasteiger partial charge in [0.05, 0.1) is 0 Å². The number of rotatable bonds is 4. The molecular weight excluding hydrogens is 372 g/mol. The molecule has 0 saturated carbocycles. The van der Waals surface area contributed by atoms with E-state index in [2.05, 4.69) is 17.2 Å². The number of hydrogen-bond acceptors (Lipinski definition) is 2. The average Bonchev–Trinajstić information content (AvgIpc) is 3.18. The predicted octanol–water partition coefficient (Wildman–Crippen LogP) is 4.46. The highest BCUT2D eigenvalue weighted by Crippen LogP contribution is 2.17. The van der Waals surface area contributed by atoms with Gasteiger partial charge in [0.25, 0.3) is 5.91 Å². The van der Waals surface area contributed by atoms with E-state index in [4.69, 9.17) is 0 Å². The molecule has 0 aliphatic carbocycles. The lowest BCUT2D eigenvalue weighted by Crippen LogP contribution is -2.24. The minimum Gasteiger partial charge on any atom is -0.338 e. The number of carbonyl (C=O) groups excluding carboxylic acids is 2. The first-order valence-electron chi connectivity index (χ1n) is 10.0. The highest BCUT2D eigenvalue weighted by molar-refractivity contribution is 6.04. The van der Waals surface area contributed by atoms with Gasteiger partial charge in [0.1, 0.15) is 0 Å². The normalized spacial score (nSPS) is 12.9. The Morgan fingerprint density at radius 1 is 0.900 bits per heavy atom. The smallest absolute Gasteiger partial charge is 0.255 e. The molecule has 0 bridgehead atoms. The fraction of sp³-hybridized carbons (Fsp3) is 0.154. The van der Waals surface area contributed by atoms with Gasteiger partial charge in [-0.05, 0) is 54.4 Å². The summed E-state index contributed by atoms with van der Waals surface area (Å²) >= 11 is 0. The van der Waals surface area contributed by atoms with Gasteiger partial charge >= 0.3 is 0 Å². The van der Waals surface area contributed by atoms with Crippen LogP contribution in [0.3, 0.4) is 0 Å². The first-order chi connectivity index (χ1) is 14.7. The van der Waals surface area contributed by atoms with Crippen molar-refractivity contribution in [1.29, 1.82) is 0 Å². The summed E-state index contributed by atoms with van der Waals surface area (Å²) in [4.78, 5) is 26.4. The number of nitrogens with zero attached hydrogens (tertiary/aromatic N) is 1. The molecule has 0 atom stereocenters. The number of anilines is 1. The van der Waals surface area contributed by atoms with Crippen LogP contribution in [0.2, 0.25) is 0 Å². The van der Waals surface area contributed by atoms with E-state index in [1.807, 2.05) is 77.7 Å². The summed E-state index contributed by atoms with van der Waals surface area (Å²) < 4.78 is 0. The predicted molar refractivity (Wildman–Crippen MR) is 118 cm³/mol. The van der Waals surface area contributed by atoms with Crippen LogP contribution in [0, 0.1) is 11.8 Å². The van der Waals surface area contributed by atoms with E-state index < -0.39 is 0 Å². The molecule has 3 aromatic rings. The van der Waals surface area contributed by atoms with Crippen molar-refractivity contribution >= 4 is 17.5 Å². The number of nitrogens with one attached hydrogen (secondary N) is 1. The SMILES string of the molecule is O=C(Nc1cccc(C#Cc2ccccc2)c1)c1cccc(CN2CCCC2=O)c1. The van der Waals surface area contributed by atoms with Crippen LogP contribution in [0.1, 0.15) is 39.9 Å². The minimum atomic E-state index is -0.183. The van der Waals surface area contributed by atoms with Crippen LogP contribution in [0.4, 0.5) is 5.69 Å². The van der Waals surface area contributed by atoms with Crippen LogP contribution in [0.15, 0.2) is 78.9 Å². The molecular formula is C26H22N2O2. The summed E-state index contributed by atoms with van der Waals surface area (Å²) in [5.74, 6) is 6.25. The van der Waals surface area contributed by atoms with Crippen molar-refractivity contribution in [2.24, 2.45) is 0 Å². The molecule has 1 aliphatic heterocycles. The van der Waals surface area contributed by atoms with Crippen LogP contribution in [0.25, 0.3) is 0 Å². The van der Waals surface area contributed by atoms with Gasteiger partial charge < -0.3 is 10.2 Å². The van der Waals surface area contributed by atoms with Crippen molar-refractivity contribution in [1.82, 2.24) is 4.90 Å². The number of likely N-dealkylation sites (tertiary alicyclic amines) is 1. The molecule has 1 aliphatic rings. The Labute approximate surface area is 176 Å². The molecule has 0 spiro atoms. The molecule has 0 unspecified atom stereocenters. The second-order valence-electron chi connectivity index (χ2n) is 7.27. The molecule has 148 valence electrons. The van der Waals surface area contributed by atoms with E-state index in [1.54, 1.807) is 6.07 Å². The molecule has 30 heavy (non-hydrogen) atoms. The molecule has 2 amide bonds. The molecule has 4 nitrogen and oxygen atoms in total. The van der Waals surface area contributed by atoms with Crippen molar-refractivity contribution in [2.75, 3.05) is 11.9 Å². The summed E-state index contributed by atoms with van der Waals surface area (Å²) in [6.07, 6.45) is 1.52. The lowest BCUT2D eigenvalue weighted by molar-refractivity contribution is -0.128. The Balaban J connectivity index is 1.44. The van der Waals surface area contributed by atoms with Crippen LogP contribution in [-0.4, -0.2) is 23.3 Å². The second-order valence-corrected chi connectivity index (χ2v) is 7.27. The molecule has 1 heterocycles. The van der Waals surface area contributed by atoms with Crippen molar-refractivity contribution in [3.63, 3.8) is 0 Å².